The number of rotatable bonds is 6. The Balaban J connectivity index is 1.57. The summed E-state index contributed by atoms with van der Waals surface area (Å²) < 4.78 is 18.8. The molecule has 0 saturated carbocycles. The fourth-order valence-corrected chi connectivity index (χ4v) is 3.70. The second-order valence-electron chi connectivity index (χ2n) is 7.43. The van der Waals surface area contributed by atoms with Crippen molar-refractivity contribution in [3.05, 3.63) is 58.9 Å². The normalized spacial score (nSPS) is 17.0. The van der Waals surface area contributed by atoms with Crippen LogP contribution >= 0.6 is 11.6 Å². The van der Waals surface area contributed by atoms with E-state index >= 15 is 0 Å². The molecule has 10 heteroatoms. The van der Waals surface area contributed by atoms with Crippen molar-refractivity contribution in [2.75, 3.05) is 26.2 Å². The van der Waals surface area contributed by atoms with Crippen molar-refractivity contribution in [3.8, 4) is 11.9 Å². The number of benzene rings is 2. The molecular weight excluding hydrogens is 435 g/mol. The van der Waals surface area contributed by atoms with Crippen LogP contribution in [0.5, 0.6) is 5.75 Å². The number of nitrogens with two attached hydrogens (primary N) is 1. The molecule has 0 aliphatic carbocycles. The molecule has 1 aliphatic rings. The van der Waals surface area contributed by atoms with Crippen molar-refractivity contribution >= 4 is 29.2 Å². The number of carbonyl (C=O) groups excluding carboxylic acids is 1. The first-order valence-corrected chi connectivity index (χ1v) is 10.4. The highest BCUT2D eigenvalue weighted by Crippen LogP contribution is 2.30. The summed E-state index contributed by atoms with van der Waals surface area (Å²) in [7, 11) is 0. The highest BCUT2D eigenvalue weighted by Gasteiger charge is 2.27. The number of nitrogens with one attached hydrogen (secondary N) is 1. The lowest BCUT2D eigenvalue weighted by molar-refractivity contribution is -0.137. The van der Waals surface area contributed by atoms with Gasteiger partial charge in [0.2, 0.25) is 5.96 Å². The molecule has 1 fully saturated rings. The monoisotopic (exact) mass is 458 g/mol. The summed E-state index contributed by atoms with van der Waals surface area (Å²) in [6, 6.07) is 11.2. The summed E-state index contributed by atoms with van der Waals surface area (Å²) in [5.74, 6) is -0.187. The van der Waals surface area contributed by atoms with Crippen LogP contribution in [0.15, 0.2) is 47.5 Å². The largest absolute Gasteiger partial charge is 0.482 e. The summed E-state index contributed by atoms with van der Waals surface area (Å²) >= 11 is 6.01. The molecule has 3 rings (SSSR count). The van der Waals surface area contributed by atoms with Crippen LogP contribution in [0.4, 0.5) is 10.1 Å². The predicted molar refractivity (Wildman–Crippen MR) is 120 cm³/mol. The van der Waals surface area contributed by atoms with Crippen molar-refractivity contribution in [3.63, 3.8) is 0 Å². The number of guanidine groups is 1. The fourth-order valence-electron chi connectivity index (χ4n) is 3.53. The van der Waals surface area contributed by atoms with E-state index in [4.69, 9.17) is 27.3 Å². The second-order valence-corrected chi connectivity index (χ2v) is 7.87. The predicted octanol–water partition coefficient (Wildman–Crippen LogP) is 2.61. The first-order valence-electron chi connectivity index (χ1n) is 10.0. The number of carbonyl (C=O) groups is 1. The zero-order chi connectivity index (χ0) is 23.1. The summed E-state index contributed by atoms with van der Waals surface area (Å²) in [6.45, 7) is 4.50. The SMILES string of the molecule is CC1CN(Cc2ccc(F)cc2)CCN1C(=O)COc1ccc(Cl)cc1N=C(N)NC#N. The molecule has 0 bridgehead atoms. The lowest BCUT2D eigenvalue weighted by atomic mass is 10.1. The van der Waals surface area contributed by atoms with Gasteiger partial charge in [-0.3, -0.25) is 15.0 Å². The molecule has 168 valence electrons. The number of piperazine rings is 1. The third-order valence-electron chi connectivity index (χ3n) is 5.05. The first kappa shape index (κ1) is 23.3. The molecule has 2 aromatic rings. The van der Waals surface area contributed by atoms with Gasteiger partial charge in [-0.1, -0.05) is 23.7 Å². The molecule has 1 saturated heterocycles. The maximum absolute atomic E-state index is 13.1. The molecule has 0 spiro atoms. The van der Waals surface area contributed by atoms with E-state index in [-0.39, 0.29) is 30.3 Å². The Hall–Kier alpha value is -3.35. The zero-order valence-corrected chi connectivity index (χ0v) is 18.3. The summed E-state index contributed by atoms with van der Waals surface area (Å²) in [5, 5.41) is 11.3. The summed E-state index contributed by atoms with van der Waals surface area (Å²) in [5.41, 5.74) is 6.96. The highest BCUT2D eigenvalue weighted by atomic mass is 35.5. The molecule has 8 nitrogen and oxygen atoms in total. The smallest absolute Gasteiger partial charge is 0.260 e. The maximum Gasteiger partial charge on any atom is 0.260 e. The Morgan fingerprint density at radius 1 is 1.34 bits per heavy atom. The van der Waals surface area contributed by atoms with E-state index in [9.17, 15) is 9.18 Å². The molecule has 1 heterocycles. The van der Waals surface area contributed by atoms with Gasteiger partial charge in [-0.2, -0.15) is 5.26 Å². The minimum Gasteiger partial charge on any atom is -0.482 e. The minimum absolute atomic E-state index is 0.00141. The number of ether oxygens (including phenoxy) is 1. The van der Waals surface area contributed by atoms with Gasteiger partial charge in [0.25, 0.3) is 5.91 Å². The number of halogens is 2. The van der Waals surface area contributed by atoms with Gasteiger partial charge >= 0.3 is 0 Å². The van der Waals surface area contributed by atoms with Crippen LogP contribution in [0.25, 0.3) is 0 Å². The number of amides is 1. The number of aliphatic imine (C=N–C) groups is 1. The second kappa shape index (κ2) is 10.8. The van der Waals surface area contributed by atoms with E-state index in [1.54, 1.807) is 35.4 Å². The number of hydrogen-bond donors (Lipinski definition) is 2. The Morgan fingerprint density at radius 3 is 2.78 bits per heavy atom. The van der Waals surface area contributed by atoms with Gasteiger partial charge in [-0.15, -0.1) is 0 Å². The molecular formula is C22H24ClFN6O2. The third-order valence-corrected chi connectivity index (χ3v) is 5.28. The lowest BCUT2D eigenvalue weighted by Gasteiger charge is -2.39. The van der Waals surface area contributed by atoms with Crippen LogP contribution in [0.3, 0.4) is 0 Å². The molecule has 2 aromatic carbocycles. The summed E-state index contributed by atoms with van der Waals surface area (Å²) in [6.07, 6.45) is 1.68. The Bertz CT molecular complexity index is 1020. The lowest BCUT2D eigenvalue weighted by Crippen LogP contribution is -2.54. The van der Waals surface area contributed by atoms with Crippen LogP contribution in [-0.2, 0) is 11.3 Å². The van der Waals surface area contributed by atoms with E-state index < -0.39 is 0 Å². The van der Waals surface area contributed by atoms with Crippen LogP contribution < -0.4 is 15.8 Å². The van der Waals surface area contributed by atoms with Crippen molar-refractivity contribution < 1.29 is 13.9 Å². The number of nitriles is 1. The van der Waals surface area contributed by atoms with Crippen molar-refractivity contribution in [1.82, 2.24) is 15.1 Å². The minimum atomic E-state index is -0.254. The van der Waals surface area contributed by atoms with Gasteiger partial charge in [-0.05, 0) is 42.8 Å². The first-order chi connectivity index (χ1) is 15.4. The molecule has 1 unspecified atom stereocenters. The van der Waals surface area contributed by atoms with Gasteiger partial charge in [0, 0.05) is 37.2 Å². The van der Waals surface area contributed by atoms with Crippen molar-refractivity contribution in [1.29, 1.82) is 5.26 Å². The molecule has 1 atom stereocenters. The average Bonchev–Trinajstić information content (AvgIpc) is 2.75. The Morgan fingerprint density at radius 2 is 2.09 bits per heavy atom. The molecule has 32 heavy (non-hydrogen) atoms. The van der Waals surface area contributed by atoms with Gasteiger partial charge in [0.15, 0.2) is 12.8 Å². The van der Waals surface area contributed by atoms with Crippen LogP contribution in [-0.4, -0.2) is 53.9 Å². The van der Waals surface area contributed by atoms with Crippen LogP contribution in [0.2, 0.25) is 5.02 Å². The molecule has 1 amide bonds. The fraction of sp³-hybridized carbons (Fsp3) is 0.318. The van der Waals surface area contributed by atoms with E-state index in [1.165, 1.54) is 18.2 Å². The van der Waals surface area contributed by atoms with Gasteiger partial charge in [0.1, 0.15) is 17.3 Å². The zero-order valence-electron chi connectivity index (χ0n) is 17.6. The standard InChI is InChI=1S/C22H24ClFN6O2/c1-15-11-29(12-16-2-5-18(24)6-3-16)8-9-30(15)21(31)13-32-20-7-4-17(23)10-19(20)28-22(26)27-14-25/h2-7,10,15H,8-9,11-13H2,1H3,(H3,26,27,28). The molecule has 0 aromatic heterocycles. The third kappa shape index (κ3) is 6.33. The van der Waals surface area contributed by atoms with Gasteiger partial charge < -0.3 is 15.4 Å². The number of nitrogens with zero attached hydrogens (tertiary/aromatic N) is 4. The number of hydrogen-bond acceptors (Lipinski definition) is 5. The Kier molecular flexibility index (Phi) is 7.87. The maximum atomic E-state index is 13.1. The average molecular weight is 459 g/mol. The van der Waals surface area contributed by atoms with E-state index in [2.05, 4.69) is 15.2 Å². The Labute approximate surface area is 191 Å². The molecule has 0 radical (unpaired) electrons. The summed E-state index contributed by atoms with van der Waals surface area (Å²) in [4.78, 5) is 20.9. The van der Waals surface area contributed by atoms with Crippen molar-refractivity contribution in [2.24, 2.45) is 10.7 Å². The van der Waals surface area contributed by atoms with E-state index in [1.807, 2.05) is 6.92 Å². The van der Waals surface area contributed by atoms with Crippen LogP contribution in [0.1, 0.15) is 12.5 Å². The quantitative estimate of drug-likeness (QED) is 0.298. The highest BCUT2D eigenvalue weighted by molar-refractivity contribution is 6.30. The van der Waals surface area contributed by atoms with Crippen LogP contribution in [0, 0.1) is 17.3 Å². The van der Waals surface area contributed by atoms with Crippen molar-refractivity contribution in [2.45, 2.75) is 19.5 Å². The van der Waals surface area contributed by atoms with Gasteiger partial charge in [0.05, 0.1) is 0 Å². The molecule has 1 aliphatic heterocycles. The molecule has 3 N–H and O–H groups in total. The van der Waals surface area contributed by atoms with E-state index in [0.29, 0.717) is 42.6 Å². The van der Waals surface area contributed by atoms with Gasteiger partial charge in [-0.25, -0.2) is 9.38 Å². The van der Waals surface area contributed by atoms with E-state index in [0.717, 1.165) is 5.56 Å². The topological polar surface area (TPSA) is 107 Å².